The summed E-state index contributed by atoms with van der Waals surface area (Å²) >= 11 is 6.65. The van der Waals surface area contributed by atoms with Crippen LogP contribution in [-0.2, 0) is 5.41 Å². The molecule has 0 aliphatic heterocycles. The monoisotopic (exact) mass is 446 g/mol. The summed E-state index contributed by atoms with van der Waals surface area (Å²) in [7, 11) is 0. The fourth-order valence-corrected chi connectivity index (χ4v) is 6.56. The topological polar surface area (TPSA) is 9.23 Å². The maximum atomic E-state index is 6.78. The SMILES string of the molecule is CC(C)(C)c1cc(/C(Oc2ccccc2)=C2/C3CCCC2C2=C(CCCC2)C3)ccc1Cl. The lowest BCUT2D eigenvalue weighted by atomic mass is 9.62. The molecule has 0 radical (unpaired) electrons. The van der Waals surface area contributed by atoms with Gasteiger partial charge in [0.2, 0.25) is 0 Å². The molecule has 1 nitrogen and oxygen atoms in total. The molecule has 1 fully saturated rings. The highest BCUT2D eigenvalue weighted by molar-refractivity contribution is 6.31. The largest absolute Gasteiger partial charge is 0.457 e. The molecule has 0 amide bonds. The van der Waals surface area contributed by atoms with Crippen molar-refractivity contribution < 1.29 is 4.74 Å². The number of fused-ring (bicyclic) bond motifs is 3. The zero-order valence-electron chi connectivity index (χ0n) is 19.7. The highest BCUT2D eigenvalue weighted by Gasteiger charge is 2.39. The van der Waals surface area contributed by atoms with Gasteiger partial charge in [-0.15, -0.1) is 0 Å². The number of rotatable bonds is 3. The van der Waals surface area contributed by atoms with E-state index in [2.05, 4.69) is 63.2 Å². The zero-order chi connectivity index (χ0) is 22.3. The van der Waals surface area contributed by atoms with E-state index in [1.54, 1.807) is 16.7 Å². The van der Waals surface area contributed by atoms with Crippen LogP contribution in [-0.4, -0.2) is 0 Å². The Morgan fingerprint density at radius 2 is 1.72 bits per heavy atom. The highest BCUT2D eigenvalue weighted by Crippen LogP contribution is 2.53. The van der Waals surface area contributed by atoms with Crippen LogP contribution in [0.15, 0.2) is 65.3 Å². The standard InChI is InChI=1S/C30H35ClO/c1-30(2,3)26-19-22(16-17-27(26)31)29(32-23-12-5-4-6-13-23)28-21-11-9-15-25(28)24-14-8-7-10-20(24)18-21/h4-6,12-13,16-17,19,21,25H,7-11,14-15,18H2,1-3H3/b29-28+. The Morgan fingerprint density at radius 3 is 2.50 bits per heavy atom. The molecule has 3 aliphatic carbocycles. The zero-order valence-corrected chi connectivity index (χ0v) is 20.5. The summed E-state index contributed by atoms with van der Waals surface area (Å²) in [6.07, 6.45) is 10.4. The van der Waals surface area contributed by atoms with E-state index in [1.165, 1.54) is 62.5 Å². The van der Waals surface area contributed by atoms with Crippen molar-refractivity contribution in [2.45, 2.75) is 77.6 Å². The van der Waals surface area contributed by atoms with Gasteiger partial charge >= 0.3 is 0 Å². The lowest BCUT2D eigenvalue weighted by molar-refractivity contribution is 0.335. The molecule has 32 heavy (non-hydrogen) atoms. The van der Waals surface area contributed by atoms with Gasteiger partial charge in [-0.2, -0.15) is 0 Å². The third kappa shape index (κ3) is 4.17. The van der Waals surface area contributed by atoms with E-state index >= 15 is 0 Å². The predicted octanol–water partition coefficient (Wildman–Crippen LogP) is 9.12. The average molecular weight is 447 g/mol. The van der Waals surface area contributed by atoms with Crippen molar-refractivity contribution in [3.05, 3.63) is 81.4 Å². The molecule has 0 spiro atoms. The Hall–Kier alpha value is -1.99. The first-order valence-electron chi connectivity index (χ1n) is 12.4. The molecule has 2 atom stereocenters. The number of hydrogen-bond acceptors (Lipinski definition) is 1. The Labute approximate surface area is 198 Å². The van der Waals surface area contributed by atoms with Gasteiger partial charge in [-0.1, -0.05) is 68.1 Å². The maximum Gasteiger partial charge on any atom is 0.134 e. The second-order valence-corrected chi connectivity index (χ2v) is 11.3. The minimum absolute atomic E-state index is 0.0167. The van der Waals surface area contributed by atoms with Crippen molar-refractivity contribution in [1.82, 2.24) is 0 Å². The molecular formula is C30H35ClO. The second kappa shape index (κ2) is 8.75. The smallest absolute Gasteiger partial charge is 0.134 e. The molecule has 2 bridgehead atoms. The Kier molecular flexibility index (Phi) is 5.97. The van der Waals surface area contributed by atoms with E-state index in [1.807, 2.05) is 6.07 Å². The molecule has 5 rings (SSSR count). The van der Waals surface area contributed by atoms with Crippen LogP contribution < -0.4 is 4.74 Å². The predicted molar refractivity (Wildman–Crippen MR) is 135 cm³/mol. The van der Waals surface area contributed by atoms with Crippen LogP contribution >= 0.6 is 11.6 Å². The number of ether oxygens (including phenoxy) is 1. The van der Waals surface area contributed by atoms with Crippen molar-refractivity contribution in [2.75, 3.05) is 0 Å². The van der Waals surface area contributed by atoms with Crippen LogP contribution in [0.25, 0.3) is 5.76 Å². The van der Waals surface area contributed by atoms with Gasteiger partial charge in [-0.3, -0.25) is 0 Å². The van der Waals surface area contributed by atoms with Crippen LogP contribution in [0.5, 0.6) is 5.75 Å². The van der Waals surface area contributed by atoms with E-state index in [-0.39, 0.29) is 5.41 Å². The summed E-state index contributed by atoms with van der Waals surface area (Å²) in [5.41, 5.74) is 7.43. The molecule has 0 N–H and O–H groups in total. The van der Waals surface area contributed by atoms with E-state index in [0.29, 0.717) is 11.8 Å². The van der Waals surface area contributed by atoms with Gasteiger partial charge in [0.1, 0.15) is 11.5 Å². The molecule has 0 heterocycles. The lowest BCUT2D eigenvalue weighted by Crippen LogP contribution is -2.30. The molecule has 2 heteroatoms. The fourth-order valence-electron chi connectivity index (χ4n) is 6.16. The minimum atomic E-state index is -0.0167. The van der Waals surface area contributed by atoms with Crippen LogP contribution in [0.4, 0.5) is 0 Å². The van der Waals surface area contributed by atoms with Crippen molar-refractivity contribution in [1.29, 1.82) is 0 Å². The first kappa shape index (κ1) is 21.8. The molecule has 0 saturated heterocycles. The van der Waals surface area contributed by atoms with Crippen LogP contribution in [0.2, 0.25) is 5.02 Å². The van der Waals surface area contributed by atoms with Gasteiger partial charge < -0.3 is 4.74 Å². The molecule has 2 aromatic carbocycles. The van der Waals surface area contributed by atoms with Gasteiger partial charge in [-0.25, -0.2) is 0 Å². The lowest BCUT2D eigenvalue weighted by Gasteiger charge is -2.43. The number of para-hydroxylation sites is 1. The van der Waals surface area contributed by atoms with Crippen molar-refractivity contribution in [3.8, 4) is 5.75 Å². The second-order valence-electron chi connectivity index (χ2n) is 10.9. The van der Waals surface area contributed by atoms with Crippen molar-refractivity contribution in [3.63, 3.8) is 0 Å². The third-order valence-corrected chi connectivity index (χ3v) is 7.99. The Balaban J connectivity index is 1.69. The highest BCUT2D eigenvalue weighted by atomic mass is 35.5. The molecule has 2 unspecified atom stereocenters. The van der Waals surface area contributed by atoms with Crippen molar-refractivity contribution >= 4 is 17.4 Å². The average Bonchev–Trinajstić information content (AvgIpc) is 2.78. The number of hydrogen-bond donors (Lipinski definition) is 0. The van der Waals surface area contributed by atoms with Gasteiger partial charge in [0.15, 0.2) is 0 Å². The fraction of sp³-hybridized carbons (Fsp3) is 0.467. The van der Waals surface area contributed by atoms with E-state index in [0.717, 1.165) is 16.5 Å². The minimum Gasteiger partial charge on any atom is -0.457 e. The van der Waals surface area contributed by atoms with E-state index in [4.69, 9.17) is 16.3 Å². The number of halogens is 1. The Bertz CT molecular complexity index is 1050. The summed E-state index contributed by atoms with van der Waals surface area (Å²) in [4.78, 5) is 0. The van der Waals surface area contributed by atoms with Gasteiger partial charge in [0, 0.05) is 16.5 Å². The molecule has 3 aliphatic rings. The maximum absolute atomic E-state index is 6.78. The molecular weight excluding hydrogens is 412 g/mol. The number of allylic oxidation sites excluding steroid dienone is 3. The first-order chi connectivity index (χ1) is 15.4. The van der Waals surface area contributed by atoms with Gasteiger partial charge in [-0.05, 0) is 97.7 Å². The van der Waals surface area contributed by atoms with Crippen molar-refractivity contribution in [2.24, 2.45) is 11.8 Å². The molecule has 1 saturated carbocycles. The van der Waals surface area contributed by atoms with Crippen LogP contribution in [0.3, 0.4) is 0 Å². The number of benzene rings is 2. The van der Waals surface area contributed by atoms with Gasteiger partial charge in [0.05, 0.1) is 0 Å². The van der Waals surface area contributed by atoms with E-state index in [9.17, 15) is 0 Å². The quantitative estimate of drug-likeness (QED) is 0.337. The van der Waals surface area contributed by atoms with E-state index < -0.39 is 0 Å². The van der Waals surface area contributed by atoms with Gasteiger partial charge in [0.25, 0.3) is 0 Å². The molecule has 2 aromatic rings. The summed E-state index contributed by atoms with van der Waals surface area (Å²) < 4.78 is 6.78. The third-order valence-electron chi connectivity index (χ3n) is 7.66. The first-order valence-corrected chi connectivity index (χ1v) is 12.8. The summed E-state index contributed by atoms with van der Waals surface area (Å²) in [5.74, 6) is 3.18. The summed E-state index contributed by atoms with van der Waals surface area (Å²) in [5, 5.41) is 0.839. The molecule has 0 aromatic heterocycles. The summed E-state index contributed by atoms with van der Waals surface area (Å²) in [6.45, 7) is 6.70. The normalized spacial score (nSPS) is 24.8. The Morgan fingerprint density at radius 1 is 0.938 bits per heavy atom. The van der Waals surface area contributed by atoms with Crippen LogP contribution in [0, 0.1) is 11.8 Å². The van der Waals surface area contributed by atoms with Crippen LogP contribution in [0.1, 0.15) is 83.3 Å². The summed E-state index contributed by atoms with van der Waals surface area (Å²) in [6, 6.07) is 16.8. The molecule has 168 valence electrons.